The molecule has 3 aliphatic rings. The molecule has 0 saturated carbocycles. The van der Waals surface area contributed by atoms with E-state index < -0.39 is 5.41 Å². The first-order valence-corrected chi connectivity index (χ1v) is 21.8. The minimum atomic E-state index is -0.430. The van der Waals surface area contributed by atoms with Crippen LogP contribution in [0.4, 0.5) is 17.1 Å². The molecule has 13 rings (SSSR count). The Kier molecular flexibility index (Phi) is 6.94. The molecule has 0 N–H and O–H groups in total. The lowest BCUT2D eigenvalue weighted by molar-refractivity contribution is 0.660. The van der Waals surface area contributed by atoms with Gasteiger partial charge in [-0.25, -0.2) is 0 Å². The van der Waals surface area contributed by atoms with Crippen molar-refractivity contribution in [2.75, 3.05) is 4.90 Å². The third-order valence-electron chi connectivity index (χ3n) is 13.8. The summed E-state index contributed by atoms with van der Waals surface area (Å²) < 4.78 is 1.34. The third kappa shape index (κ3) is 4.46. The van der Waals surface area contributed by atoms with Crippen molar-refractivity contribution in [2.45, 2.75) is 24.7 Å². The van der Waals surface area contributed by atoms with E-state index in [-0.39, 0.29) is 5.41 Å². The number of para-hydroxylation sites is 1. The van der Waals surface area contributed by atoms with Crippen LogP contribution in [0, 0.1) is 0 Å². The molecule has 3 aliphatic carbocycles. The standard InChI is InChI=1S/C58H39NS/c1-57(2)51-33-39(38-25-24-36-14-6-7-15-37(36)32-38)26-29-45(51)46-30-27-41(34-52(46)57)59(40-16-4-3-5-17-40)42-28-31-47-53(35-42)58(55-48-20-10-13-23-54(48)60-56(47)55)49-21-11-8-18-43(49)44-19-9-12-22-50(44)58/h3-35H,1-2H3. The molecule has 2 heteroatoms. The predicted octanol–water partition coefficient (Wildman–Crippen LogP) is 15.8. The highest BCUT2D eigenvalue weighted by atomic mass is 32.1. The normalized spacial score (nSPS) is 14.4. The summed E-state index contributed by atoms with van der Waals surface area (Å²) in [5, 5.41) is 3.89. The first-order valence-electron chi connectivity index (χ1n) is 21.0. The van der Waals surface area contributed by atoms with E-state index in [0.29, 0.717) is 0 Å². The summed E-state index contributed by atoms with van der Waals surface area (Å²) in [7, 11) is 0. The number of nitrogens with zero attached hydrogens (tertiary/aromatic N) is 1. The van der Waals surface area contributed by atoms with Crippen LogP contribution in [0.1, 0.15) is 47.2 Å². The van der Waals surface area contributed by atoms with Crippen molar-refractivity contribution >= 4 is 49.3 Å². The number of anilines is 3. The van der Waals surface area contributed by atoms with E-state index in [0.717, 1.165) is 17.1 Å². The van der Waals surface area contributed by atoms with Gasteiger partial charge in [0, 0.05) is 32.1 Å². The van der Waals surface area contributed by atoms with E-state index in [1.165, 1.54) is 98.1 Å². The SMILES string of the molecule is CC1(C)c2cc(-c3ccc4ccccc4c3)ccc2-c2ccc(N(c3ccccc3)c3ccc4c(c3)C3(c5ccccc5-c5ccccc53)c3c-4sc4ccccc34)cc21. The molecular weight excluding hydrogens is 743 g/mol. The molecule has 0 amide bonds. The maximum Gasteiger partial charge on any atom is 0.0740 e. The fourth-order valence-electron chi connectivity index (χ4n) is 11.2. The number of hydrogen-bond donors (Lipinski definition) is 0. The van der Waals surface area contributed by atoms with Crippen LogP contribution in [-0.2, 0) is 10.8 Å². The second kappa shape index (κ2) is 12.3. The van der Waals surface area contributed by atoms with Crippen LogP contribution in [0.25, 0.3) is 64.7 Å². The van der Waals surface area contributed by atoms with Crippen LogP contribution < -0.4 is 4.90 Å². The fourth-order valence-corrected chi connectivity index (χ4v) is 12.5. The van der Waals surface area contributed by atoms with Gasteiger partial charge in [0.25, 0.3) is 0 Å². The number of fused-ring (bicyclic) bond motifs is 16. The van der Waals surface area contributed by atoms with Crippen LogP contribution >= 0.6 is 11.3 Å². The molecule has 0 bridgehead atoms. The number of benzene rings is 9. The number of thiophene rings is 1. The molecule has 0 radical (unpaired) electrons. The summed E-state index contributed by atoms with van der Waals surface area (Å²) >= 11 is 1.94. The van der Waals surface area contributed by atoms with Gasteiger partial charge in [-0.3, -0.25) is 0 Å². The first-order chi connectivity index (χ1) is 29.5. The van der Waals surface area contributed by atoms with Gasteiger partial charge in [0.05, 0.1) is 5.41 Å². The molecule has 1 nitrogen and oxygen atoms in total. The average molecular weight is 782 g/mol. The number of rotatable bonds is 4. The van der Waals surface area contributed by atoms with Crippen molar-refractivity contribution in [3.05, 3.63) is 234 Å². The van der Waals surface area contributed by atoms with Gasteiger partial charge in [-0.1, -0.05) is 159 Å². The molecule has 0 unspecified atom stereocenters. The van der Waals surface area contributed by atoms with Gasteiger partial charge >= 0.3 is 0 Å². The monoisotopic (exact) mass is 781 g/mol. The Morgan fingerprint density at radius 3 is 1.70 bits per heavy atom. The van der Waals surface area contributed by atoms with E-state index in [2.05, 4.69) is 219 Å². The van der Waals surface area contributed by atoms with Crippen LogP contribution in [0.3, 0.4) is 0 Å². The Labute approximate surface area is 354 Å². The predicted molar refractivity (Wildman–Crippen MR) is 253 cm³/mol. The Bertz CT molecular complexity index is 3380. The molecule has 0 aliphatic heterocycles. The fraction of sp³-hybridized carbons (Fsp3) is 0.0690. The van der Waals surface area contributed by atoms with Crippen molar-refractivity contribution in [1.29, 1.82) is 0 Å². The van der Waals surface area contributed by atoms with E-state index in [1.54, 1.807) is 0 Å². The van der Waals surface area contributed by atoms with Crippen molar-refractivity contribution in [3.8, 4) is 43.8 Å². The summed E-state index contributed by atoms with van der Waals surface area (Å²) in [5.74, 6) is 0. The summed E-state index contributed by atoms with van der Waals surface area (Å²) in [6, 6.07) is 75.2. The molecule has 9 aromatic carbocycles. The van der Waals surface area contributed by atoms with Crippen LogP contribution in [0.15, 0.2) is 200 Å². The zero-order chi connectivity index (χ0) is 39.7. The van der Waals surface area contributed by atoms with E-state index in [4.69, 9.17) is 0 Å². The van der Waals surface area contributed by atoms with Crippen LogP contribution in [-0.4, -0.2) is 0 Å². The lowest BCUT2D eigenvalue weighted by Gasteiger charge is -2.32. The lowest BCUT2D eigenvalue weighted by atomic mass is 9.70. The maximum atomic E-state index is 2.52. The quantitative estimate of drug-likeness (QED) is 0.172. The highest BCUT2D eigenvalue weighted by molar-refractivity contribution is 7.22. The average Bonchev–Trinajstić information content (AvgIpc) is 3.98. The maximum absolute atomic E-state index is 2.52. The molecule has 282 valence electrons. The Hall–Kier alpha value is -7.00. The van der Waals surface area contributed by atoms with E-state index in [9.17, 15) is 0 Å². The Morgan fingerprint density at radius 2 is 0.933 bits per heavy atom. The van der Waals surface area contributed by atoms with E-state index >= 15 is 0 Å². The van der Waals surface area contributed by atoms with Crippen molar-refractivity contribution < 1.29 is 0 Å². The summed E-state index contributed by atoms with van der Waals surface area (Å²) in [6.45, 7) is 4.80. The summed E-state index contributed by atoms with van der Waals surface area (Å²) in [5.41, 5.74) is 20.3. The largest absolute Gasteiger partial charge is 0.310 e. The Morgan fingerprint density at radius 1 is 0.383 bits per heavy atom. The second-order valence-electron chi connectivity index (χ2n) is 17.2. The summed E-state index contributed by atoms with van der Waals surface area (Å²) in [4.78, 5) is 3.86. The molecule has 60 heavy (non-hydrogen) atoms. The van der Waals surface area contributed by atoms with Gasteiger partial charge in [-0.2, -0.15) is 0 Å². The summed E-state index contributed by atoms with van der Waals surface area (Å²) in [6.07, 6.45) is 0. The smallest absolute Gasteiger partial charge is 0.0740 e. The molecular formula is C58H39NS. The minimum absolute atomic E-state index is 0.190. The van der Waals surface area contributed by atoms with Gasteiger partial charge in [0.15, 0.2) is 0 Å². The third-order valence-corrected chi connectivity index (χ3v) is 15.1. The minimum Gasteiger partial charge on any atom is -0.310 e. The van der Waals surface area contributed by atoms with Crippen molar-refractivity contribution in [1.82, 2.24) is 0 Å². The van der Waals surface area contributed by atoms with E-state index in [1.807, 2.05) is 11.3 Å². The zero-order valence-corrected chi connectivity index (χ0v) is 34.2. The molecule has 1 aromatic heterocycles. The second-order valence-corrected chi connectivity index (χ2v) is 18.3. The zero-order valence-electron chi connectivity index (χ0n) is 33.4. The molecule has 10 aromatic rings. The van der Waals surface area contributed by atoms with Crippen molar-refractivity contribution in [2.24, 2.45) is 0 Å². The Balaban J connectivity index is 0.992. The van der Waals surface area contributed by atoms with Gasteiger partial charge in [-0.15, -0.1) is 11.3 Å². The van der Waals surface area contributed by atoms with Gasteiger partial charge in [0.2, 0.25) is 0 Å². The molecule has 0 saturated heterocycles. The number of hydrogen-bond acceptors (Lipinski definition) is 2. The highest BCUT2D eigenvalue weighted by Crippen LogP contribution is 2.66. The van der Waals surface area contributed by atoms with Gasteiger partial charge < -0.3 is 4.90 Å². The first kappa shape index (κ1) is 33.9. The van der Waals surface area contributed by atoms with Crippen molar-refractivity contribution in [3.63, 3.8) is 0 Å². The topological polar surface area (TPSA) is 3.24 Å². The molecule has 0 fully saturated rings. The van der Waals surface area contributed by atoms with Gasteiger partial charge in [0.1, 0.15) is 0 Å². The molecule has 0 atom stereocenters. The highest BCUT2D eigenvalue weighted by Gasteiger charge is 2.53. The molecule has 1 spiro atoms. The molecule has 1 heterocycles. The van der Waals surface area contributed by atoms with Crippen LogP contribution in [0.2, 0.25) is 0 Å². The van der Waals surface area contributed by atoms with Crippen LogP contribution in [0.5, 0.6) is 0 Å². The van der Waals surface area contributed by atoms with Gasteiger partial charge in [-0.05, 0) is 143 Å². The lowest BCUT2D eigenvalue weighted by Crippen LogP contribution is -2.26.